The lowest BCUT2D eigenvalue weighted by atomic mass is 10.2. The molecule has 6 nitrogen and oxygen atoms in total. The SMILES string of the molecule is O=C(CNC(=O)c1sc2ccccc2c1Cl)OCc1cc(-c2ccccc2)on1. The molecule has 4 aromatic rings. The molecule has 0 radical (unpaired) electrons. The van der Waals surface area contributed by atoms with Gasteiger partial charge in [-0.2, -0.15) is 0 Å². The number of aromatic nitrogens is 1. The third kappa shape index (κ3) is 4.31. The van der Waals surface area contributed by atoms with Crippen LogP contribution < -0.4 is 5.32 Å². The number of carbonyl (C=O) groups is 2. The van der Waals surface area contributed by atoms with Crippen LogP contribution >= 0.6 is 22.9 Å². The Morgan fingerprint density at radius 3 is 2.66 bits per heavy atom. The summed E-state index contributed by atoms with van der Waals surface area (Å²) in [6.07, 6.45) is 0. The minimum absolute atomic E-state index is 0.0469. The third-order valence-corrected chi connectivity index (χ3v) is 5.81. The Morgan fingerprint density at radius 2 is 1.86 bits per heavy atom. The maximum Gasteiger partial charge on any atom is 0.325 e. The van der Waals surface area contributed by atoms with Gasteiger partial charge in [0.05, 0.1) is 5.02 Å². The molecule has 8 heteroatoms. The summed E-state index contributed by atoms with van der Waals surface area (Å²) in [5, 5.41) is 7.62. The van der Waals surface area contributed by atoms with Crippen LogP contribution in [-0.4, -0.2) is 23.6 Å². The molecule has 0 bridgehead atoms. The fourth-order valence-corrected chi connectivity index (χ4v) is 4.15. The number of benzene rings is 2. The monoisotopic (exact) mass is 426 g/mol. The predicted octanol–water partition coefficient (Wildman–Crippen LogP) is 4.68. The van der Waals surface area contributed by atoms with Gasteiger partial charge in [-0.25, -0.2) is 0 Å². The molecule has 2 heterocycles. The molecule has 0 saturated heterocycles. The van der Waals surface area contributed by atoms with E-state index in [-0.39, 0.29) is 13.2 Å². The molecule has 146 valence electrons. The van der Waals surface area contributed by atoms with Crippen molar-refractivity contribution in [1.29, 1.82) is 0 Å². The van der Waals surface area contributed by atoms with Crippen molar-refractivity contribution in [3.63, 3.8) is 0 Å². The summed E-state index contributed by atoms with van der Waals surface area (Å²) < 4.78 is 11.3. The first-order valence-corrected chi connectivity index (χ1v) is 9.93. The molecule has 2 aromatic carbocycles. The highest BCUT2D eigenvalue weighted by atomic mass is 35.5. The van der Waals surface area contributed by atoms with Crippen LogP contribution in [0.5, 0.6) is 0 Å². The molecular weight excluding hydrogens is 412 g/mol. The van der Waals surface area contributed by atoms with E-state index in [1.807, 2.05) is 54.6 Å². The highest BCUT2D eigenvalue weighted by Crippen LogP contribution is 2.34. The maximum atomic E-state index is 12.4. The summed E-state index contributed by atoms with van der Waals surface area (Å²) in [5.41, 5.74) is 1.36. The Morgan fingerprint density at radius 1 is 1.10 bits per heavy atom. The molecule has 0 aliphatic carbocycles. The van der Waals surface area contributed by atoms with Crippen LogP contribution in [0.3, 0.4) is 0 Å². The Kier molecular flexibility index (Phi) is 5.59. The van der Waals surface area contributed by atoms with Crippen molar-refractivity contribution >= 4 is 44.9 Å². The lowest BCUT2D eigenvalue weighted by molar-refractivity contribution is -0.143. The van der Waals surface area contributed by atoms with Gasteiger partial charge >= 0.3 is 5.97 Å². The first kappa shape index (κ1) is 19.2. The molecular formula is C21H15ClN2O4S. The van der Waals surface area contributed by atoms with E-state index < -0.39 is 11.9 Å². The van der Waals surface area contributed by atoms with E-state index in [1.165, 1.54) is 11.3 Å². The summed E-state index contributed by atoms with van der Waals surface area (Å²) in [7, 11) is 0. The van der Waals surface area contributed by atoms with Crippen molar-refractivity contribution in [1.82, 2.24) is 10.5 Å². The second kappa shape index (κ2) is 8.46. The number of hydrogen-bond donors (Lipinski definition) is 1. The lowest BCUT2D eigenvalue weighted by Crippen LogP contribution is -2.30. The van der Waals surface area contributed by atoms with Crippen LogP contribution in [0.1, 0.15) is 15.4 Å². The van der Waals surface area contributed by atoms with Gasteiger partial charge in [-0.05, 0) is 6.07 Å². The van der Waals surface area contributed by atoms with Crippen LogP contribution in [0, 0.1) is 0 Å². The zero-order chi connectivity index (χ0) is 20.2. The molecule has 0 spiro atoms. The van der Waals surface area contributed by atoms with E-state index >= 15 is 0 Å². The Balaban J connectivity index is 1.30. The van der Waals surface area contributed by atoms with E-state index in [4.69, 9.17) is 20.9 Å². The number of thiophene rings is 1. The highest BCUT2D eigenvalue weighted by Gasteiger charge is 2.18. The number of nitrogens with zero attached hydrogens (tertiary/aromatic N) is 1. The quantitative estimate of drug-likeness (QED) is 0.452. The minimum Gasteiger partial charge on any atom is -0.458 e. The van der Waals surface area contributed by atoms with Crippen molar-refractivity contribution in [2.45, 2.75) is 6.61 Å². The number of ether oxygens (including phenoxy) is 1. The van der Waals surface area contributed by atoms with Crippen LogP contribution in [-0.2, 0) is 16.1 Å². The molecule has 2 aromatic heterocycles. The second-order valence-corrected chi connectivity index (χ2v) is 7.56. The first-order chi connectivity index (χ1) is 14.1. The van der Waals surface area contributed by atoms with Crippen molar-refractivity contribution in [3.05, 3.63) is 76.3 Å². The summed E-state index contributed by atoms with van der Waals surface area (Å²) >= 11 is 7.55. The minimum atomic E-state index is -0.583. The molecule has 0 unspecified atom stereocenters. The summed E-state index contributed by atoms with van der Waals surface area (Å²) in [4.78, 5) is 24.7. The Labute approximate surface area is 175 Å². The number of halogens is 1. The molecule has 0 fully saturated rings. The average molecular weight is 427 g/mol. The van der Waals surface area contributed by atoms with Gasteiger partial charge in [-0.3, -0.25) is 9.59 Å². The normalized spacial score (nSPS) is 10.8. The van der Waals surface area contributed by atoms with Crippen LogP contribution in [0.15, 0.2) is 65.2 Å². The third-order valence-electron chi connectivity index (χ3n) is 4.13. The number of fused-ring (bicyclic) bond motifs is 1. The average Bonchev–Trinajstić information content (AvgIpc) is 3.36. The number of esters is 1. The molecule has 0 atom stereocenters. The van der Waals surface area contributed by atoms with Gasteiger partial charge in [0.1, 0.15) is 23.7 Å². The fraction of sp³-hybridized carbons (Fsp3) is 0.0952. The number of hydrogen-bond acceptors (Lipinski definition) is 6. The Hall–Kier alpha value is -3.16. The number of carbonyl (C=O) groups excluding carboxylic acids is 2. The van der Waals surface area contributed by atoms with Gasteiger partial charge in [-0.15, -0.1) is 11.3 Å². The van der Waals surface area contributed by atoms with Crippen molar-refractivity contribution in [2.75, 3.05) is 6.54 Å². The second-order valence-electron chi connectivity index (χ2n) is 6.13. The number of rotatable bonds is 6. The summed E-state index contributed by atoms with van der Waals surface area (Å²) in [6, 6.07) is 18.6. The Bertz CT molecular complexity index is 1170. The molecule has 1 N–H and O–H groups in total. The van der Waals surface area contributed by atoms with Crippen LogP contribution in [0.25, 0.3) is 21.4 Å². The first-order valence-electron chi connectivity index (χ1n) is 8.73. The van der Waals surface area contributed by atoms with Gasteiger partial charge in [0, 0.05) is 21.7 Å². The smallest absolute Gasteiger partial charge is 0.325 e. The van der Waals surface area contributed by atoms with E-state index in [0.717, 1.165) is 15.6 Å². The standard InChI is InChI=1S/C21H15ClN2O4S/c22-19-15-8-4-5-9-17(15)29-20(19)21(26)23-11-18(25)27-12-14-10-16(28-24-14)13-6-2-1-3-7-13/h1-10H,11-12H2,(H,23,26). The topological polar surface area (TPSA) is 81.4 Å². The van der Waals surface area contributed by atoms with Gasteiger partial charge in [-0.1, -0.05) is 65.3 Å². The lowest BCUT2D eigenvalue weighted by Gasteiger charge is -2.04. The van der Waals surface area contributed by atoms with Gasteiger partial charge in [0.25, 0.3) is 5.91 Å². The van der Waals surface area contributed by atoms with Gasteiger partial charge in [0.2, 0.25) is 0 Å². The van der Waals surface area contributed by atoms with Crippen molar-refractivity contribution in [3.8, 4) is 11.3 Å². The van der Waals surface area contributed by atoms with E-state index in [9.17, 15) is 9.59 Å². The molecule has 0 aliphatic rings. The fourth-order valence-electron chi connectivity index (χ4n) is 2.72. The molecule has 4 rings (SSSR count). The maximum absolute atomic E-state index is 12.4. The van der Waals surface area contributed by atoms with E-state index in [1.54, 1.807) is 6.07 Å². The molecule has 29 heavy (non-hydrogen) atoms. The van der Waals surface area contributed by atoms with Crippen LogP contribution in [0.2, 0.25) is 5.02 Å². The van der Waals surface area contributed by atoms with E-state index in [2.05, 4.69) is 10.5 Å². The van der Waals surface area contributed by atoms with Gasteiger partial charge in [0.15, 0.2) is 5.76 Å². The summed E-state index contributed by atoms with van der Waals surface area (Å²) in [5.74, 6) is -0.412. The van der Waals surface area contributed by atoms with Crippen LogP contribution in [0.4, 0.5) is 0 Å². The largest absolute Gasteiger partial charge is 0.458 e. The molecule has 0 aliphatic heterocycles. The van der Waals surface area contributed by atoms with Gasteiger partial charge < -0.3 is 14.6 Å². The molecule has 0 saturated carbocycles. The number of amides is 1. The predicted molar refractivity (Wildman–Crippen MR) is 111 cm³/mol. The number of nitrogens with one attached hydrogen (secondary N) is 1. The van der Waals surface area contributed by atoms with Crippen molar-refractivity contribution in [2.24, 2.45) is 0 Å². The summed E-state index contributed by atoms with van der Waals surface area (Å²) in [6.45, 7) is -0.318. The van der Waals surface area contributed by atoms with E-state index in [0.29, 0.717) is 21.4 Å². The van der Waals surface area contributed by atoms with Crippen molar-refractivity contribution < 1.29 is 18.8 Å². The zero-order valence-electron chi connectivity index (χ0n) is 15.1. The molecule has 1 amide bonds. The zero-order valence-corrected chi connectivity index (χ0v) is 16.6. The highest BCUT2D eigenvalue weighted by molar-refractivity contribution is 7.21.